The normalized spacial score (nSPS) is 20.2. The Hall–Kier alpha value is -4.72. The molecule has 42 heavy (non-hydrogen) atoms. The molecule has 214 valence electrons. The van der Waals surface area contributed by atoms with E-state index in [1.54, 1.807) is 16.9 Å². The summed E-state index contributed by atoms with van der Waals surface area (Å²) in [5, 5.41) is 2.18. The van der Waals surface area contributed by atoms with Gasteiger partial charge >= 0.3 is 0 Å². The van der Waals surface area contributed by atoms with Crippen LogP contribution < -0.4 is 9.47 Å². The first kappa shape index (κ1) is 26.2. The molecule has 2 atom stereocenters. The predicted molar refractivity (Wildman–Crippen MR) is 162 cm³/mol. The van der Waals surface area contributed by atoms with Gasteiger partial charge in [0, 0.05) is 52.6 Å². The van der Waals surface area contributed by atoms with E-state index < -0.39 is 5.54 Å². The molecule has 7 rings (SSSR count). The van der Waals surface area contributed by atoms with Gasteiger partial charge in [0.2, 0.25) is 5.91 Å². The Morgan fingerprint density at radius 1 is 0.976 bits per heavy atom. The maximum absolute atomic E-state index is 14.5. The predicted octanol–water partition coefficient (Wildman–Crippen LogP) is 5.33. The second kappa shape index (κ2) is 9.98. The molecule has 2 aromatic heterocycles. The summed E-state index contributed by atoms with van der Waals surface area (Å²) in [7, 11) is 1.63. The number of amides is 2. The molecule has 0 saturated carbocycles. The number of benzene rings is 3. The quantitative estimate of drug-likeness (QED) is 0.281. The third-order valence-corrected chi connectivity index (χ3v) is 9.04. The highest BCUT2D eigenvalue weighted by Gasteiger charge is 2.56. The fraction of sp³-hybridized carbons (Fsp3) is 0.294. The lowest BCUT2D eigenvalue weighted by Crippen LogP contribution is -2.67. The van der Waals surface area contributed by atoms with E-state index in [2.05, 4.69) is 22.1 Å². The van der Waals surface area contributed by atoms with Crippen LogP contribution in [0.5, 0.6) is 11.5 Å². The lowest BCUT2D eigenvalue weighted by atomic mass is 9.76. The number of carbonyl (C=O) groups is 2. The van der Waals surface area contributed by atoms with Crippen molar-refractivity contribution >= 4 is 33.6 Å². The van der Waals surface area contributed by atoms with Crippen molar-refractivity contribution < 1.29 is 19.1 Å². The molecule has 8 heteroatoms. The monoisotopic (exact) mass is 562 g/mol. The molecule has 4 heterocycles. The molecule has 0 radical (unpaired) electrons. The molecular formula is C34H34N4O4. The second-order valence-electron chi connectivity index (χ2n) is 11.2. The maximum Gasteiger partial charge on any atom is 0.254 e. The number of nitrogens with zero attached hydrogens (tertiary/aromatic N) is 2. The maximum atomic E-state index is 14.5. The molecule has 5 aromatic rings. The number of rotatable bonds is 7. The van der Waals surface area contributed by atoms with Crippen molar-refractivity contribution in [3.8, 4) is 11.5 Å². The lowest BCUT2D eigenvalue weighted by Gasteiger charge is -2.51. The zero-order chi connectivity index (χ0) is 29.0. The molecule has 0 bridgehead atoms. The Labute approximate surface area is 244 Å². The Morgan fingerprint density at radius 2 is 1.74 bits per heavy atom. The van der Waals surface area contributed by atoms with Gasteiger partial charge in [0.15, 0.2) is 17.0 Å². The first-order chi connectivity index (χ1) is 20.5. The first-order valence-corrected chi connectivity index (χ1v) is 14.5. The first-order valence-electron chi connectivity index (χ1n) is 14.5. The van der Waals surface area contributed by atoms with Gasteiger partial charge in [-0.3, -0.25) is 9.59 Å². The van der Waals surface area contributed by atoms with Crippen LogP contribution in [-0.2, 0) is 21.5 Å². The number of H-pyrrole nitrogens is 2. The Kier molecular flexibility index (Phi) is 6.22. The van der Waals surface area contributed by atoms with E-state index in [0.717, 1.165) is 44.2 Å². The fourth-order valence-corrected chi connectivity index (χ4v) is 7.00. The minimum atomic E-state index is -1.16. The average Bonchev–Trinajstić information content (AvgIpc) is 3.61. The van der Waals surface area contributed by atoms with Crippen molar-refractivity contribution in [3.63, 3.8) is 0 Å². The van der Waals surface area contributed by atoms with Crippen molar-refractivity contribution in [2.24, 2.45) is 0 Å². The van der Waals surface area contributed by atoms with Crippen LogP contribution in [0.25, 0.3) is 21.8 Å². The third-order valence-electron chi connectivity index (χ3n) is 9.04. The third kappa shape index (κ3) is 3.81. The number of methoxy groups -OCH3 is 1. The van der Waals surface area contributed by atoms with E-state index in [-0.39, 0.29) is 24.3 Å². The van der Waals surface area contributed by atoms with Crippen LogP contribution in [0.15, 0.2) is 72.9 Å². The molecule has 2 N–H and O–H groups in total. The molecule has 0 spiro atoms. The number of aromatic nitrogens is 2. The van der Waals surface area contributed by atoms with Crippen LogP contribution in [0.2, 0.25) is 0 Å². The molecule has 3 aromatic carbocycles. The SMILES string of the molecule is CCOc1c(OC)cccc1C1CN2C(=O)CN(CCc3c[nH]c4ccccc34)C(=O)[C@]2(C)c2[nH]c3ccccc3c21. The van der Waals surface area contributed by atoms with Gasteiger partial charge in [-0.1, -0.05) is 48.5 Å². The lowest BCUT2D eigenvalue weighted by molar-refractivity contribution is -0.166. The van der Waals surface area contributed by atoms with Crippen LogP contribution in [0.4, 0.5) is 0 Å². The highest BCUT2D eigenvalue weighted by Crippen LogP contribution is 2.50. The zero-order valence-electron chi connectivity index (χ0n) is 24.1. The fourth-order valence-electron chi connectivity index (χ4n) is 7.00. The smallest absolute Gasteiger partial charge is 0.254 e. The molecule has 1 saturated heterocycles. The second-order valence-corrected chi connectivity index (χ2v) is 11.2. The number of nitrogens with one attached hydrogen (secondary N) is 2. The van der Waals surface area contributed by atoms with Gasteiger partial charge in [-0.15, -0.1) is 0 Å². The summed E-state index contributed by atoms with van der Waals surface area (Å²) in [5.41, 5.74) is 4.70. The molecule has 0 aliphatic carbocycles. The Balaban J connectivity index is 1.32. The highest BCUT2D eigenvalue weighted by atomic mass is 16.5. The Bertz CT molecular complexity index is 1840. The Morgan fingerprint density at radius 3 is 2.52 bits per heavy atom. The van der Waals surface area contributed by atoms with E-state index in [1.165, 1.54) is 0 Å². The van der Waals surface area contributed by atoms with Crippen molar-refractivity contribution in [1.82, 2.24) is 19.8 Å². The van der Waals surface area contributed by atoms with Gasteiger partial charge in [0.1, 0.15) is 0 Å². The van der Waals surface area contributed by atoms with Gasteiger partial charge in [0.25, 0.3) is 5.91 Å². The summed E-state index contributed by atoms with van der Waals surface area (Å²) in [4.78, 5) is 38.8. The number of hydrogen-bond donors (Lipinski definition) is 2. The number of fused-ring (bicyclic) bond motifs is 6. The number of piperazine rings is 1. The highest BCUT2D eigenvalue weighted by molar-refractivity contribution is 6.01. The summed E-state index contributed by atoms with van der Waals surface area (Å²) in [6.07, 6.45) is 2.66. The number of ether oxygens (including phenoxy) is 2. The van der Waals surface area contributed by atoms with E-state index in [0.29, 0.717) is 37.6 Å². The van der Waals surface area contributed by atoms with Gasteiger partial charge < -0.3 is 29.2 Å². The van der Waals surface area contributed by atoms with Gasteiger partial charge in [-0.2, -0.15) is 0 Å². The van der Waals surface area contributed by atoms with Crippen molar-refractivity contribution in [3.05, 3.63) is 95.3 Å². The van der Waals surface area contributed by atoms with E-state index in [1.807, 2.05) is 74.6 Å². The van der Waals surface area contributed by atoms with E-state index >= 15 is 0 Å². The standard InChI is InChI=1S/C34H34N4O4/c1-4-42-31-23(12-9-15-28(31)41-3)25-19-38-29(39)20-37(17-16-21-18-35-26-13-7-5-10-22(21)26)33(40)34(38,2)32-30(25)24-11-6-8-14-27(24)36-32/h5-15,18,25,35-36H,4,16-17,19-20H2,1-3H3/t25?,34-/m0/s1. The number of hydrogen-bond acceptors (Lipinski definition) is 4. The molecular weight excluding hydrogens is 528 g/mol. The number of carbonyl (C=O) groups excluding carboxylic acids is 2. The van der Waals surface area contributed by atoms with Crippen molar-refractivity contribution in [1.29, 1.82) is 0 Å². The van der Waals surface area contributed by atoms with Crippen LogP contribution in [-0.4, -0.2) is 64.9 Å². The minimum Gasteiger partial charge on any atom is -0.493 e. The summed E-state index contributed by atoms with van der Waals surface area (Å²) in [6, 6.07) is 22.1. The van der Waals surface area contributed by atoms with Gasteiger partial charge in [-0.25, -0.2) is 0 Å². The molecule has 2 aliphatic heterocycles. The van der Waals surface area contributed by atoms with Gasteiger partial charge in [0.05, 0.1) is 26.0 Å². The number of aromatic amines is 2. The summed E-state index contributed by atoms with van der Waals surface area (Å²) in [5.74, 6) is 0.975. The van der Waals surface area contributed by atoms with Crippen LogP contribution >= 0.6 is 0 Å². The minimum absolute atomic E-state index is 0.0511. The van der Waals surface area contributed by atoms with Gasteiger partial charge in [-0.05, 0) is 49.6 Å². The molecule has 2 amide bonds. The molecule has 1 unspecified atom stereocenters. The van der Waals surface area contributed by atoms with Crippen LogP contribution in [0, 0.1) is 0 Å². The molecule has 2 aliphatic rings. The summed E-state index contributed by atoms with van der Waals surface area (Å²) in [6.45, 7) is 5.19. The summed E-state index contributed by atoms with van der Waals surface area (Å²) < 4.78 is 11.8. The number of para-hydroxylation sites is 3. The van der Waals surface area contributed by atoms with E-state index in [4.69, 9.17) is 9.47 Å². The van der Waals surface area contributed by atoms with Crippen LogP contribution in [0.3, 0.4) is 0 Å². The molecule has 8 nitrogen and oxygen atoms in total. The molecule has 1 fully saturated rings. The van der Waals surface area contributed by atoms with Crippen molar-refractivity contribution in [2.45, 2.75) is 31.7 Å². The zero-order valence-corrected chi connectivity index (χ0v) is 24.1. The average molecular weight is 563 g/mol. The van der Waals surface area contributed by atoms with E-state index in [9.17, 15) is 9.59 Å². The van der Waals surface area contributed by atoms with Crippen molar-refractivity contribution in [2.75, 3.05) is 33.4 Å². The topological polar surface area (TPSA) is 90.7 Å². The largest absolute Gasteiger partial charge is 0.493 e. The summed E-state index contributed by atoms with van der Waals surface area (Å²) >= 11 is 0. The van der Waals surface area contributed by atoms with Crippen LogP contribution in [0.1, 0.15) is 42.1 Å².